The lowest BCUT2D eigenvalue weighted by molar-refractivity contribution is 0.0936. The van der Waals surface area contributed by atoms with Crippen LogP contribution in [0.4, 0.5) is 4.39 Å². The number of piperidine rings is 1. The van der Waals surface area contributed by atoms with Gasteiger partial charge in [-0.2, -0.15) is 0 Å². The first-order valence-electron chi connectivity index (χ1n) is 8.21. The van der Waals surface area contributed by atoms with Gasteiger partial charge in [0.05, 0.1) is 12.5 Å². The molecule has 0 atom stereocenters. The second kappa shape index (κ2) is 6.61. The molecule has 3 heterocycles. The Labute approximate surface area is 139 Å². The van der Waals surface area contributed by atoms with Gasteiger partial charge in [-0.3, -0.25) is 9.88 Å². The summed E-state index contributed by atoms with van der Waals surface area (Å²) in [5, 5.41) is 1.73. The van der Waals surface area contributed by atoms with Crippen molar-refractivity contribution in [2.75, 3.05) is 13.1 Å². The summed E-state index contributed by atoms with van der Waals surface area (Å²) in [7, 11) is 0. The Morgan fingerprint density at radius 2 is 2.08 bits per heavy atom. The molecular weight excluding hydrogens is 307 g/mol. The van der Waals surface area contributed by atoms with Gasteiger partial charge in [-0.15, -0.1) is 0 Å². The zero-order chi connectivity index (χ0) is 16.4. The van der Waals surface area contributed by atoms with Crippen LogP contribution in [0.3, 0.4) is 0 Å². The largest absolute Gasteiger partial charge is 0.487 e. The van der Waals surface area contributed by atoms with Crippen molar-refractivity contribution in [1.82, 2.24) is 9.88 Å². The molecule has 4 nitrogen and oxygen atoms in total. The Bertz CT molecular complexity index is 811. The van der Waals surface area contributed by atoms with Crippen LogP contribution in [0.5, 0.6) is 5.75 Å². The Kier molecular flexibility index (Phi) is 4.17. The van der Waals surface area contributed by atoms with Gasteiger partial charge in [0.1, 0.15) is 6.10 Å². The second-order valence-electron chi connectivity index (χ2n) is 6.23. The zero-order valence-electron chi connectivity index (χ0n) is 13.3. The number of furan rings is 1. The van der Waals surface area contributed by atoms with E-state index in [1.807, 2.05) is 12.1 Å². The topological polar surface area (TPSA) is 38.5 Å². The van der Waals surface area contributed by atoms with Gasteiger partial charge in [0.2, 0.25) is 0 Å². The summed E-state index contributed by atoms with van der Waals surface area (Å²) < 4.78 is 25.3. The van der Waals surface area contributed by atoms with E-state index >= 15 is 0 Å². The van der Waals surface area contributed by atoms with E-state index in [2.05, 4.69) is 9.88 Å². The molecule has 0 N–H and O–H groups in total. The van der Waals surface area contributed by atoms with Crippen LogP contribution in [-0.4, -0.2) is 29.1 Å². The van der Waals surface area contributed by atoms with Crippen molar-refractivity contribution in [3.05, 3.63) is 60.6 Å². The van der Waals surface area contributed by atoms with E-state index < -0.39 is 0 Å². The van der Waals surface area contributed by atoms with Gasteiger partial charge >= 0.3 is 0 Å². The summed E-state index contributed by atoms with van der Waals surface area (Å²) in [6, 6.07) is 7.12. The van der Waals surface area contributed by atoms with Crippen molar-refractivity contribution in [1.29, 1.82) is 0 Å². The van der Waals surface area contributed by atoms with Crippen LogP contribution in [0.25, 0.3) is 10.8 Å². The minimum atomic E-state index is -0.323. The zero-order valence-corrected chi connectivity index (χ0v) is 13.3. The van der Waals surface area contributed by atoms with Crippen LogP contribution in [0.2, 0.25) is 0 Å². The van der Waals surface area contributed by atoms with E-state index in [1.165, 1.54) is 11.6 Å². The number of aromatic nitrogens is 1. The molecule has 0 spiro atoms. The summed E-state index contributed by atoms with van der Waals surface area (Å²) in [4.78, 5) is 6.39. The monoisotopic (exact) mass is 326 g/mol. The quantitative estimate of drug-likeness (QED) is 0.726. The van der Waals surface area contributed by atoms with Crippen molar-refractivity contribution in [3.8, 4) is 5.75 Å². The SMILES string of the molecule is Fc1cc2cnccc2cc1OC1CCN(Cc2ccoc2)CC1. The molecule has 1 aliphatic heterocycles. The lowest BCUT2D eigenvalue weighted by atomic mass is 10.1. The highest BCUT2D eigenvalue weighted by atomic mass is 19.1. The molecule has 0 aliphatic carbocycles. The van der Waals surface area contributed by atoms with E-state index in [1.54, 1.807) is 31.0 Å². The molecule has 0 saturated carbocycles. The number of pyridine rings is 1. The number of likely N-dealkylation sites (tertiary alicyclic amines) is 1. The van der Waals surface area contributed by atoms with Gasteiger partial charge in [-0.05, 0) is 42.5 Å². The number of hydrogen-bond acceptors (Lipinski definition) is 4. The van der Waals surface area contributed by atoms with Crippen LogP contribution in [0.1, 0.15) is 18.4 Å². The van der Waals surface area contributed by atoms with Crippen LogP contribution in [-0.2, 0) is 6.54 Å². The maximum absolute atomic E-state index is 14.2. The normalized spacial score (nSPS) is 16.5. The molecule has 2 aromatic heterocycles. The minimum Gasteiger partial charge on any atom is -0.487 e. The standard InChI is InChI=1S/C19H19FN2O2/c20-18-9-16-11-21-5-1-15(16)10-19(18)24-17-2-6-22(7-3-17)12-14-4-8-23-13-14/h1,4-5,8-11,13,17H,2-3,6-7,12H2. The molecule has 124 valence electrons. The number of fused-ring (bicyclic) bond motifs is 1. The van der Waals surface area contributed by atoms with Gasteiger partial charge in [0.15, 0.2) is 11.6 Å². The van der Waals surface area contributed by atoms with E-state index in [4.69, 9.17) is 9.15 Å². The van der Waals surface area contributed by atoms with Crippen LogP contribution >= 0.6 is 0 Å². The van der Waals surface area contributed by atoms with Crippen LogP contribution < -0.4 is 4.74 Å². The Hall–Kier alpha value is -2.40. The number of hydrogen-bond donors (Lipinski definition) is 0. The van der Waals surface area contributed by atoms with Gasteiger partial charge in [0.25, 0.3) is 0 Å². The third kappa shape index (κ3) is 3.26. The molecule has 4 rings (SSSR count). The number of nitrogens with zero attached hydrogens (tertiary/aromatic N) is 2. The Morgan fingerprint density at radius 1 is 1.21 bits per heavy atom. The summed E-state index contributed by atoms with van der Waals surface area (Å²) in [5.41, 5.74) is 1.18. The molecule has 1 fully saturated rings. The maximum Gasteiger partial charge on any atom is 0.165 e. The van der Waals surface area contributed by atoms with Crippen molar-refractivity contribution >= 4 is 10.8 Å². The van der Waals surface area contributed by atoms with E-state index in [9.17, 15) is 4.39 Å². The average molecular weight is 326 g/mol. The summed E-state index contributed by atoms with van der Waals surface area (Å²) in [6.07, 6.45) is 8.69. The lowest BCUT2D eigenvalue weighted by Gasteiger charge is -2.31. The molecular formula is C19H19FN2O2. The molecule has 0 radical (unpaired) electrons. The summed E-state index contributed by atoms with van der Waals surface area (Å²) in [5.74, 6) is 0.0123. The molecule has 0 amide bonds. The number of benzene rings is 1. The smallest absolute Gasteiger partial charge is 0.165 e. The van der Waals surface area contributed by atoms with Crippen molar-refractivity contribution in [2.45, 2.75) is 25.5 Å². The number of ether oxygens (including phenoxy) is 1. The Balaban J connectivity index is 1.39. The first-order valence-corrected chi connectivity index (χ1v) is 8.21. The van der Waals surface area contributed by atoms with Crippen LogP contribution in [0.15, 0.2) is 53.6 Å². The maximum atomic E-state index is 14.2. The second-order valence-corrected chi connectivity index (χ2v) is 6.23. The molecule has 0 unspecified atom stereocenters. The molecule has 1 saturated heterocycles. The number of rotatable bonds is 4. The molecule has 24 heavy (non-hydrogen) atoms. The predicted molar refractivity (Wildman–Crippen MR) is 89.3 cm³/mol. The van der Waals surface area contributed by atoms with Gasteiger partial charge in [-0.1, -0.05) is 0 Å². The lowest BCUT2D eigenvalue weighted by Crippen LogP contribution is -2.37. The highest BCUT2D eigenvalue weighted by Crippen LogP contribution is 2.27. The minimum absolute atomic E-state index is 0.0550. The van der Waals surface area contributed by atoms with E-state index in [0.29, 0.717) is 5.75 Å². The fourth-order valence-electron chi connectivity index (χ4n) is 3.18. The Morgan fingerprint density at radius 3 is 2.88 bits per heavy atom. The molecule has 1 aromatic carbocycles. The fourth-order valence-corrected chi connectivity index (χ4v) is 3.18. The predicted octanol–water partition coefficient (Wildman–Crippen LogP) is 4.01. The highest BCUT2D eigenvalue weighted by Gasteiger charge is 2.22. The van der Waals surface area contributed by atoms with E-state index in [-0.39, 0.29) is 11.9 Å². The third-order valence-corrected chi connectivity index (χ3v) is 4.51. The van der Waals surface area contributed by atoms with E-state index in [0.717, 1.165) is 43.2 Å². The molecule has 1 aliphatic rings. The van der Waals surface area contributed by atoms with Crippen molar-refractivity contribution < 1.29 is 13.5 Å². The summed E-state index contributed by atoms with van der Waals surface area (Å²) >= 11 is 0. The molecule has 0 bridgehead atoms. The highest BCUT2D eigenvalue weighted by molar-refractivity contribution is 5.83. The fraction of sp³-hybridized carbons (Fsp3) is 0.316. The first kappa shape index (κ1) is 15.1. The number of halogens is 1. The average Bonchev–Trinajstić information content (AvgIpc) is 3.10. The molecule has 3 aromatic rings. The first-order chi connectivity index (χ1) is 11.8. The third-order valence-electron chi connectivity index (χ3n) is 4.51. The van der Waals surface area contributed by atoms with Crippen LogP contribution in [0, 0.1) is 5.82 Å². The van der Waals surface area contributed by atoms with Gasteiger partial charge in [0, 0.05) is 43.0 Å². The van der Waals surface area contributed by atoms with Crippen molar-refractivity contribution in [3.63, 3.8) is 0 Å². The summed E-state index contributed by atoms with van der Waals surface area (Å²) in [6.45, 7) is 2.77. The molecule has 5 heteroatoms. The van der Waals surface area contributed by atoms with Gasteiger partial charge in [-0.25, -0.2) is 4.39 Å². The van der Waals surface area contributed by atoms with Crippen molar-refractivity contribution in [2.24, 2.45) is 0 Å². The van der Waals surface area contributed by atoms with Gasteiger partial charge < -0.3 is 9.15 Å².